The van der Waals surface area contributed by atoms with Crippen molar-refractivity contribution in [3.05, 3.63) is 89.4 Å². The van der Waals surface area contributed by atoms with E-state index in [1.807, 2.05) is 47.9 Å². The molecule has 2 aromatic heterocycles. The predicted octanol–water partition coefficient (Wildman–Crippen LogP) is 5.29. The minimum Gasteiger partial charge on any atom is -0.490 e. The molecule has 0 bridgehead atoms. The van der Waals surface area contributed by atoms with E-state index < -0.39 is 0 Å². The van der Waals surface area contributed by atoms with Gasteiger partial charge in [0.15, 0.2) is 23.0 Å². The van der Waals surface area contributed by atoms with Crippen LogP contribution in [0.4, 0.5) is 0 Å². The standard InChI is InChI=1S/C27H32N4O2/c1-5-32-24-16-21(17-28-18-26-30-29-25-8-6-7-15-31(25)26)11-14-23(24)33-19-20-9-12-22(13-10-20)27(2,3)4/h6-16,28H,5,17-19H2,1-4H3. The van der Waals surface area contributed by atoms with Crippen molar-refractivity contribution in [2.45, 2.75) is 52.8 Å². The molecule has 0 atom stereocenters. The van der Waals surface area contributed by atoms with Crippen molar-refractivity contribution in [1.82, 2.24) is 19.9 Å². The summed E-state index contributed by atoms with van der Waals surface area (Å²) in [5.41, 5.74) is 4.57. The highest BCUT2D eigenvalue weighted by molar-refractivity contribution is 5.43. The summed E-state index contributed by atoms with van der Waals surface area (Å²) < 4.78 is 14.0. The maximum absolute atomic E-state index is 6.10. The van der Waals surface area contributed by atoms with Crippen LogP contribution in [0.5, 0.6) is 11.5 Å². The van der Waals surface area contributed by atoms with Crippen LogP contribution in [-0.4, -0.2) is 21.2 Å². The summed E-state index contributed by atoms with van der Waals surface area (Å²) in [7, 11) is 0. The second-order valence-corrected chi connectivity index (χ2v) is 9.10. The Morgan fingerprint density at radius 3 is 2.39 bits per heavy atom. The first-order valence-corrected chi connectivity index (χ1v) is 11.4. The fraction of sp³-hybridized carbons (Fsp3) is 0.333. The van der Waals surface area contributed by atoms with Gasteiger partial charge in [-0.05, 0) is 53.3 Å². The Labute approximate surface area is 195 Å². The third kappa shape index (κ3) is 5.71. The zero-order chi connectivity index (χ0) is 23.3. The largest absolute Gasteiger partial charge is 0.490 e. The molecule has 6 nitrogen and oxygen atoms in total. The van der Waals surface area contributed by atoms with Gasteiger partial charge in [-0.1, -0.05) is 57.2 Å². The molecule has 4 aromatic rings. The SMILES string of the molecule is CCOc1cc(CNCc2nnc3ccccn23)ccc1OCc1ccc(C(C)(C)C)cc1. The number of benzene rings is 2. The first-order valence-electron chi connectivity index (χ1n) is 11.4. The molecule has 2 heterocycles. The van der Waals surface area contributed by atoms with E-state index in [1.54, 1.807) is 0 Å². The first kappa shape index (κ1) is 22.8. The normalized spacial score (nSPS) is 11.6. The molecule has 4 rings (SSSR count). The van der Waals surface area contributed by atoms with Gasteiger partial charge in [0.05, 0.1) is 13.2 Å². The van der Waals surface area contributed by atoms with Crippen LogP contribution in [-0.2, 0) is 25.1 Å². The number of nitrogens with one attached hydrogen (secondary N) is 1. The Balaban J connectivity index is 1.37. The Hall–Kier alpha value is -3.38. The van der Waals surface area contributed by atoms with Gasteiger partial charge in [0, 0.05) is 12.7 Å². The van der Waals surface area contributed by atoms with Crippen molar-refractivity contribution in [3.63, 3.8) is 0 Å². The number of hydrogen-bond donors (Lipinski definition) is 1. The number of nitrogens with zero attached hydrogens (tertiary/aromatic N) is 3. The van der Waals surface area contributed by atoms with Gasteiger partial charge in [-0.3, -0.25) is 4.40 Å². The second-order valence-electron chi connectivity index (χ2n) is 9.10. The van der Waals surface area contributed by atoms with Gasteiger partial charge < -0.3 is 14.8 Å². The number of fused-ring (bicyclic) bond motifs is 1. The number of hydrogen-bond acceptors (Lipinski definition) is 5. The Bertz CT molecular complexity index is 1190. The van der Waals surface area contributed by atoms with E-state index in [1.165, 1.54) is 5.56 Å². The second kappa shape index (κ2) is 10.0. The molecule has 0 spiro atoms. The Kier molecular flexibility index (Phi) is 6.94. The molecular formula is C27H32N4O2. The highest BCUT2D eigenvalue weighted by atomic mass is 16.5. The van der Waals surface area contributed by atoms with Crippen LogP contribution in [0.1, 0.15) is 50.2 Å². The molecular weight excluding hydrogens is 412 g/mol. The molecule has 33 heavy (non-hydrogen) atoms. The van der Waals surface area contributed by atoms with E-state index >= 15 is 0 Å². The number of aromatic nitrogens is 3. The molecule has 0 aliphatic heterocycles. The fourth-order valence-electron chi connectivity index (χ4n) is 3.64. The summed E-state index contributed by atoms with van der Waals surface area (Å²) in [5.74, 6) is 2.40. The van der Waals surface area contributed by atoms with Gasteiger partial charge in [-0.2, -0.15) is 0 Å². The maximum atomic E-state index is 6.10. The molecule has 0 saturated carbocycles. The summed E-state index contributed by atoms with van der Waals surface area (Å²) in [4.78, 5) is 0. The van der Waals surface area contributed by atoms with Crippen molar-refractivity contribution in [3.8, 4) is 11.5 Å². The van der Waals surface area contributed by atoms with E-state index in [2.05, 4.69) is 66.6 Å². The summed E-state index contributed by atoms with van der Waals surface area (Å²) >= 11 is 0. The van der Waals surface area contributed by atoms with E-state index in [-0.39, 0.29) is 5.41 Å². The third-order valence-electron chi connectivity index (χ3n) is 5.52. The molecule has 0 aliphatic rings. The maximum Gasteiger partial charge on any atom is 0.161 e. The van der Waals surface area contributed by atoms with Crippen LogP contribution in [0.3, 0.4) is 0 Å². The lowest BCUT2D eigenvalue weighted by Gasteiger charge is -2.19. The predicted molar refractivity (Wildman–Crippen MR) is 131 cm³/mol. The molecule has 0 amide bonds. The lowest BCUT2D eigenvalue weighted by molar-refractivity contribution is 0.269. The monoisotopic (exact) mass is 444 g/mol. The lowest BCUT2D eigenvalue weighted by atomic mass is 9.87. The van der Waals surface area contributed by atoms with E-state index in [0.717, 1.165) is 34.1 Å². The molecule has 1 N–H and O–H groups in total. The summed E-state index contributed by atoms with van der Waals surface area (Å²) in [6, 6.07) is 20.6. The molecule has 172 valence electrons. The molecule has 0 aliphatic carbocycles. The average molecular weight is 445 g/mol. The van der Waals surface area contributed by atoms with Crippen LogP contribution in [0.2, 0.25) is 0 Å². The molecule has 6 heteroatoms. The minimum absolute atomic E-state index is 0.145. The zero-order valence-electron chi connectivity index (χ0n) is 19.8. The average Bonchev–Trinajstić information content (AvgIpc) is 3.22. The zero-order valence-corrected chi connectivity index (χ0v) is 19.8. The summed E-state index contributed by atoms with van der Waals surface area (Å²) in [6.45, 7) is 11.0. The van der Waals surface area contributed by atoms with E-state index in [9.17, 15) is 0 Å². The van der Waals surface area contributed by atoms with Crippen LogP contribution < -0.4 is 14.8 Å². The van der Waals surface area contributed by atoms with Gasteiger partial charge in [-0.15, -0.1) is 10.2 Å². The van der Waals surface area contributed by atoms with Crippen LogP contribution >= 0.6 is 0 Å². The highest BCUT2D eigenvalue weighted by Gasteiger charge is 2.13. The summed E-state index contributed by atoms with van der Waals surface area (Å²) in [5, 5.41) is 11.9. The van der Waals surface area contributed by atoms with Crippen LogP contribution in [0.25, 0.3) is 5.65 Å². The van der Waals surface area contributed by atoms with E-state index in [4.69, 9.17) is 9.47 Å². The van der Waals surface area contributed by atoms with Crippen molar-refractivity contribution in [1.29, 1.82) is 0 Å². The molecule has 0 radical (unpaired) electrons. The van der Waals surface area contributed by atoms with E-state index in [0.29, 0.717) is 26.3 Å². The van der Waals surface area contributed by atoms with Crippen molar-refractivity contribution < 1.29 is 9.47 Å². The minimum atomic E-state index is 0.145. The number of ether oxygens (including phenoxy) is 2. The van der Waals surface area contributed by atoms with Crippen LogP contribution in [0.15, 0.2) is 66.9 Å². The van der Waals surface area contributed by atoms with Gasteiger partial charge >= 0.3 is 0 Å². The quantitative estimate of drug-likeness (QED) is 0.380. The number of rotatable bonds is 9. The number of pyridine rings is 1. The van der Waals surface area contributed by atoms with Crippen molar-refractivity contribution >= 4 is 5.65 Å². The molecule has 0 unspecified atom stereocenters. The smallest absolute Gasteiger partial charge is 0.161 e. The third-order valence-corrected chi connectivity index (χ3v) is 5.52. The van der Waals surface area contributed by atoms with Crippen molar-refractivity contribution in [2.24, 2.45) is 0 Å². The van der Waals surface area contributed by atoms with Gasteiger partial charge in [-0.25, -0.2) is 0 Å². The van der Waals surface area contributed by atoms with Gasteiger partial charge in [0.25, 0.3) is 0 Å². The Morgan fingerprint density at radius 2 is 1.64 bits per heavy atom. The molecule has 0 fully saturated rings. The van der Waals surface area contributed by atoms with Crippen LogP contribution in [0, 0.1) is 0 Å². The first-order chi connectivity index (χ1) is 15.9. The molecule has 0 saturated heterocycles. The topological polar surface area (TPSA) is 60.7 Å². The van der Waals surface area contributed by atoms with Crippen molar-refractivity contribution in [2.75, 3.05) is 6.61 Å². The summed E-state index contributed by atoms with van der Waals surface area (Å²) in [6.07, 6.45) is 1.97. The van der Waals surface area contributed by atoms with Gasteiger partial charge in [0.1, 0.15) is 6.61 Å². The lowest BCUT2D eigenvalue weighted by Crippen LogP contribution is -2.15. The van der Waals surface area contributed by atoms with Gasteiger partial charge in [0.2, 0.25) is 0 Å². The Morgan fingerprint density at radius 1 is 0.848 bits per heavy atom. The fourth-order valence-corrected chi connectivity index (χ4v) is 3.64. The molecule has 2 aromatic carbocycles. The highest BCUT2D eigenvalue weighted by Crippen LogP contribution is 2.30.